The highest BCUT2D eigenvalue weighted by Gasteiger charge is 2.51. The van der Waals surface area contributed by atoms with Gasteiger partial charge in [-0.3, -0.25) is 4.90 Å². The SMILES string of the molecule is CCC(C(=O)O)(C(C)C)N1CCN(c2ccc(OCc3ccccc3)cc2)C1=O. The highest BCUT2D eigenvalue weighted by molar-refractivity contribution is 5.98. The van der Waals surface area contributed by atoms with Crippen LogP contribution in [0.3, 0.4) is 0 Å². The van der Waals surface area contributed by atoms with E-state index in [0.29, 0.717) is 26.1 Å². The van der Waals surface area contributed by atoms with Crippen molar-refractivity contribution in [3.8, 4) is 5.75 Å². The van der Waals surface area contributed by atoms with Gasteiger partial charge >= 0.3 is 12.0 Å². The molecule has 0 bridgehead atoms. The number of carboxylic acids is 1. The molecule has 1 heterocycles. The number of rotatable bonds is 8. The van der Waals surface area contributed by atoms with Crippen molar-refractivity contribution in [1.82, 2.24) is 4.90 Å². The Balaban J connectivity index is 1.71. The molecule has 0 aliphatic carbocycles. The predicted molar refractivity (Wildman–Crippen MR) is 112 cm³/mol. The van der Waals surface area contributed by atoms with E-state index in [-0.39, 0.29) is 11.9 Å². The molecule has 154 valence electrons. The molecule has 29 heavy (non-hydrogen) atoms. The number of nitrogens with zero attached hydrogens (tertiary/aromatic N) is 2. The highest BCUT2D eigenvalue weighted by Crippen LogP contribution is 2.34. The summed E-state index contributed by atoms with van der Waals surface area (Å²) in [6, 6.07) is 17.0. The molecule has 1 aliphatic rings. The van der Waals surface area contributed by atoms with E-state index < -0.39 is 11.5 Å². The third-order valence-corrected chi connectivity index (χ3v) is 5.75. The van der Waals surface area contributed by atoms with Crippen LogP contribution in [-0.4, -0.2) is 40.6 Å². The molecule has 6 nitrogen and oxygen atoms in total. The van der Waals surface area contributed by atoms with Crippen LogP contribution in [0.15, 0.2) is 54.6 Å². The van der Waals surface area contributed by atoms with Crippen LogP contribution in [0, 0.1) is 5.92 Å². The summed E-state index contributed by atoms with van der Waals surface area (Å²) < 4.78 is 5.80. The molecule has 2 aromatic carbocycles. The Kier molecular flexibility index (Phi) is 6.11. The van der Waals surface area contributed by atoms with Crippen LogP contribution >= 0.6 is 0 Å². The van der Waals surface area contributed by atoms with Crippen LogP contribution in [0.2, 0.25) is 0 Å². The summed E-state index contributed by atoms with van der Waals surface area (Å²) in [5.41, 5.74) is 0.633. The van der Waals surface area contributed by atoms with Crippen molar-refractivity contribution in [2.24, 2.45) is 5.92 Å². The molecular formula is C23H28N2O4. The molecule has 1 saturated heterocycles. The predicted octanol–water partition coefficient (Wildman–Crippen LogP) is 4.40. The van der Waals surface area contributed by atoms with Crippen molar-refractivity contribution in [2.45, 2.75) is 39.3 Å². The molecule has 3 rings (SSSR count). The molecule has 1 fully saturated rings. The van der Waals surface area contributed by atoms with Gasteiger partial charge < -0.3 is 14.7 Å². The summed E-state index contributed by atoms with van der Waals surface area (Å²) in [5, 5.41) is 9.89. The molecule has 0 spiro atoms. The topological polar surface area (TPSA) is 70.1 Å². The second-order valence-electron chi connectivity index (χ2n) is 7.59. The van der Waals surface area contributed by atoms with Crippen LogP contribution in [0.5, 0.6) is 5.75 Å². The summed E-state index contributed by atoms with van der Waals surface area (Å²) >= 11 is 0. The first kappa shape index (κ1) is 20.7. The number of carbonyl (C=O) groups excluding carboxylic acids is 1. The summed E-state index contributed by atoms with van der Waals surface area (Å²) in [6.45, 7) is 6.86. The first-order valence-electron chi connectivity index (χ1n) is 9.99. The summed E-state index contributed by atoms with van der Waals surface area (Å²) in [4.78, 5) is 28.3. The van der Waals surface area contributed by atoms with Gasteiger partial charge in [0.15, 0.2) is 0 Å². The van der Waals surface area contributed by atoms with E-state index in [1.807, 2.05) is 75.4 Å². The molecule has 1 unspecified atom stereocenters. The van der Waals surface area contributed by atoms with Crippen LogP contribution < -0.4 is 9.64 Å². The highest BCUT2D eigenvalue weighted by atomic mass is 16.5. The lowest BCUT2D eigenvalue weighted by Gasteiger charge is -2.40. The number of hydrogen-bond acceptors (Lipinski definition) is 3. The lowest BCUT2D eigenvalue weighted by Crippen LogP contribution is -2.59. The molecule has 2 amide bonds. The lowest BCUT2D eigenvalue weighted by molar-refractivity contribution is -0.152. The summed E-state index contributed by atoms with van der Waals surface area (Å²) in [6.07, 6.45) is 0.367. The minimum Gasteiger partial charge on any atom is -0.489 e. The molecule has 1 N–H and O–H groups in total. The van der Waals surface area contributed by atoms with E-state index in [0.717, 1.165) is 17.0 Å². The van der Waals surface area contributed by atoms with Crippen molar-refractivity contribution in [3.05, 3.63) is 60.2 Å². The Bertz CT molecular complexity index is 851. The molecule has 0 saturated carbocycles. The fourth-order valence-electron chi connectivity index (χ4n) is 4.03. The zero-order valence-electron chi connectivity index (χ0n) is 17.2. The van der Waals surface area contributed by atoms with E-state index in [4.69, 9.17) is 4.74 Å². The molecule has 0 aromatic heterocycles. The maximum absolute atomic E-state index is 13.1. The van der Waals surface area contributed by atoms with Crippen molar-refractivity contribution < 1.29 is 19.4 Å². The quantitative estimate of drug-likeness (QED) is 0.718. The van der Waals surface area contributed by atoms with Gasteiger partial charge in [-0.05, 0) is 42.2 Å². The fourth-order valence-corrected chi connectivity index (χ4v) is 4.03. The Morgan fingerprint density at radius 2 is 1.76 bits per heavy atom. The van der Waals surface area contributed by atoms with Gasteiger partial charge in [-0.2, -0.15) is 0 Å². The van der Waals surface area contributed by atoms with Gasteiger partial charge in [0, 0.05) is 18.8 Å². The number of urea groups is 1. The number of benzene rings is 2. The lowest BCUT2D eigenvalue weighted by atomic mass is 9.82. The monoisotopic (exact) mass is 396 g/mol. The van der Waals surface area contributed by atoms with Gasteiger partial charge in [-0.25, -0.2) is 9.59 Å². The number of hydrogen-bond donors (Lipinski definition) is 1. The standard InChI is InChI=1S/C23H28N2O4/c1-4-23(17(2)3,21(26)27)25-15-14-24(22(25)28)19-10-12-20(13-11-19)29-16-18-8-6-5-7-9-18/h5-13,17H,4,14-16H2,1-3H3,(H,26,27). The zero-order chi connectivity index (χ0) is 21.0. The van der Waals surface area contributed by atoms with Gasteiger partial charge in [-0.1, -0.05) is 51.1 Å². The zero-order valence-corrected chi connectivity index (χ0v) is 17.2. The average molecular weight is 396 g/mol. The molecule has 1 atom stereocenters. The number of anilines is 1. The minimum absolute atomic E-state index is 0.192. The van der Waals surface area contributed by atoms with Crippen molar-refractivity contribution >= 4 is 17.7 Å². The van der Waals surface area contributed by atoms with E-state index in [9.17, 15) is 14.7 Å². The number of carbonyl (C=O) groups is 2. The second kappa shape index (κ2) is 8.55. The van der Waals surface area contributed by atoms with Crippen molar-refractivity contribution in [1.29, 1.82) is 0 Å². The van der Waals surface area contributed by atoms with Crippen LogP contribution in [0.4, 0.5) is 10.5 Å². The largest absolute Gasteiger partial charge is 0.489 e. The first-order valence-corrected chi connectivity index (χ1v) is 9.99. The minimum atomic E-state index is -1.19. The van der Waals surface area contributed by atoms with Crippen molar-refractivity contribution in [3.63, 3.8) is 0 Å². The van der Waals surface area contributed by atoms with Crippen LogP contribution in [0.25, 0.3) is 0 Å². The first-order chi connectivity index (χ1) is 13.9. The maximum atomic E-state index is 13.1. The van der Waals surface area contributed by atoms with Gasteiger partial charge in [0.1, 0.15) is 17.9 Å². The molecule has 0 radical (unpaired) electrons. The summed E-state index contributed by atoms with van der Waals surface area (Å²) in [5.74, 6) is -0.422. The van der Waals surface area contributed by atoms with E-state index in [1.54, 1.807) is 4.90 Å². The number of carboxylic acid groups (broad SMARTS) is 1. The molecule has 1 aliphatic heterocycles. The Labute approximate surface area is 171 Å². The number of aliphatic carboxylic acids is 1. The van der Waals surface area contributed by atoms with E-state index in [1.165, 1.54) is 4.90 Å². The van der Waals surface area contributed by atoms with Gasteiger partial charge in [0.25, 0.3) is 0 Å². The number of ether oxygens (including phenoxy) is 1. The fraction of sp³-hybridized carbons (Fsp3) is 0.391. The van der Waals surface area contributed by atoms with Gasteiger partial charge in [0.05, 0.1) is 0 Å². The normalized spacial score (nSPS) is 16.2. The third-order valence-electron chi connectivity index (χ3n) is 5.75. The second-order valence-corrected chi connectivity index (χ2v) is 7.59. The van der Waals surface area contributed by atoms with Gasteiger partial charge in [0.2, 0.25) is 0 Å². The Morgan fingerprint density at radius 3 is 2.31 bits per heavy atom. The molecule has 6 heteroatoms. The summed E-state index contributed by atoms with van der Waals surface area (Å²) in [7, 11) is 0. The van der Waals surface area contributed by atoms with E-state index in [2.05, 4.69) is 0 Å². The Morgan fingerprint density at radius 1 is 1.10 bits per heavy atom. The van der Waals surface area contributed by atoms with Crippen molar-refractivity contribution in [2.75, 3.05) is 18.0 Å². The Hall–Kier alpha value is -3.02. The number of amides is 2. The van der Waals surface area contributed by atoms with Gasteiger partial charge in [-0.15, -0.1) is 0 Å². The van der Waals surface area contributed by atoms with Crippen LogP contribution in [-0.2, 0) is 11.4 Å². The van der Waals surface area contributed by atoms with Crippen LogP contribution in [0.1, 0.15) is 32.8 Å². The average Bonchev–Trinajstić information content (AvgIpc) is 3.10. The van der Waals surface area contributed by atoms with E-state index >= 15 is 0 Å². The maximum Gasteiger partial charge on any atom is 0.329 e. The third kappa shape index (κ3) is 3.92. The smallest absolute Gasteiger partial charge is 0.329 e. The molecular weight excluding hydrogens is 368 g/mol. The molecule has 2 aromatic rings.